The summed E-state index contributed by atoms with van der Waals surface area (Å²) in [6.45, 7) is 2.79. The predicted octanol–water partition coefficient (Wildman–Crippen LogP) is 1.18. The van der Waals surface area contributed by atoms with Gasteiger partial charge in [0.2, 0.25) is 0 Å². The molecule has 0 radical (unpaired) electrons. The molecule has 0 saturated carbocycles. The zero-order chi connectivity index (χ0) is 12.7. The Bertz CT molecular complexity index is 354. The van der Waals surface area contributed by atoms with Gasteiger partial charge in [-0.2, -0.15) is 0 Å². The Kier molecular flexibility index (Phi) is 6.10. The van der Waals surface area contributed by atoms with E-state index in [0.717, 1.165) is 5.01 Å². The third-order valence-corrected chi connectivity index (χ3v) is 3.11. The first-order valence-electron chi connectivity index (χ1n) is 5.57. The molecule has 2 N–H and O–H groups in total. The Morgan fingerprint density at radius 2 is 2.47 bits per heavy atom. The highest BCUT2D eigenvalue weighted by Gasteiger charge is 2.10. The molecule has 0 bridgehead atoms. The van der Waals surface area contributed by atoms with Gasteiger partial charge in [0.15, 0.2) is 0 Å². The average molecular weight is 258 g/mol. The molecule has 0 fully saturated rings. The molecular formula is C11H18N2O3S. The summed E-state index contributed by atoms with van der Waals surface area (Å²) < 4.78 is 4.93. The normalized spacial score (nSPS) is 12.4. The maximum atomic E-state index is 11.6. The van der Waals surface area contributed by atoms with Crippen LogP contribution in [-0.4, -0.2) is 35.8 Å². The van der Waals surface area contributed by atoms with Crippen LogP contribution in [0.4, 0.5) is 0 Å². The molecule has 1 amide bonds. The fourth-order valence-corrected chi connectivity index (χ4v) is 2.00. The molecule has 1 aromatic rings. The van der Waals surface area contributed by atoms with Crippen molar-refractivity contribution >= 4 is 17.2 Å². The first kappa shape index (κ1) is 14.1. The van der Waals surface area contributed by atoms with Gasteiger partial charge in [0, 0.05) is 19.0 Å². The maximum Gasteiger partial charge on any atom is 0.270 e. The summed E-state index contributed by atoms with van der Waals surface area (Å²) in [4.78, 5) is 15.8. The number of methoxy groups -OCH3 is 1. The number of aromatic nitrogens is 1. The van der Waals surface area contributed by atoms with Gasteiger partial charge in [-0.25, -0.2) is 4.98 Å². The minimum absolute atomic E-state index is 0.202. The van der Waals surface area contributed by atoms with E-state index in [1.54, 1.807) is 12.5 Å². The number of hydrogen-bond acceptors (Lipinski definition) is 5. The molecule has 1 rings (SSSR count). The minimum Gasteiger partial charge on any atom is -0.393 e. The fraction of sp³-hybridized carbons (Fsp3) is 0.636. The number of aliphatic hydroxyl groups excluding tert-OH is 1. The highest BCUT2D eigenvalue weighted by molar-refractivity contribution is 7.09. The van der Waals surface area contributed by atoms with Crippen LogP contribution in [0.25, 0.3) is 0 Å². The molecule has 5 nitrogen and oxygen atoms in total. The molecule has 1 aromatic heterocycles. The van der Waals surface area contributed by atoms with Gasteiger partial charge >= 0.3 is 0 Å². The number of hydrogen-bond donors (Lipinski definition) is 2. The second-order valence-electron chi connectivity index (χ2n) is 3.67. The summed E-state index contributed by atoms with van der Waals surface area (Å²) in [5.74, 6) is -0.202. The number of rotatable bonds is 7. The second kappa shape index (κ2) is 7.37. The van der Waals surface area contributed by atoms with Crippen molar-refractivity contribution in [3.8, 4) is 0 Å². The lowest BCUT2D eigenvalue weighted by molar-refractivity contribution is 0.0937. The van der Waals surface area contributed by atoms with Crippen LogP contribution in [0.15, 0.2) is 5.38 Å². The van der Waals surface area contributed by atoms with Gasteiger partial charge in [-0.05, 0) is 12.8 Å². The average Bonchev–Trinajstić information content (AvgIpc) is 2.78. The molecule has 0 aliphatic carbocycles. The number of amides is 1. The molecular weight excluding hydrogens is 240 g/mol. The van der Waals surface area contributed by atoms with Gasteiger partial charge in [-0.1, -0.05) is 6.92 Å². The van der Waals surface area contributed by atoms with E-state index < -0.39 is 0 Å². The SMILES string of the molecule is CCC(O)CCNC(=O)c1csc(COC)n1. The van der Waals surface area contributed by atoms with E-state index in [1.165, 1.54) is 11.3 Å². The highest BCUT2D eigenvalue weighted by Crippen LogP contribution is 2.10. The third kappa shape index (κ3) is 4.80. The largest absolute Gasteiger partial charge is 0.393 e. The summed E-state index contributed by atoms with van der Waals surface area (Å²) in [6, 6.07) is 0. The number of ether oxygens (including phenoxy) is 1. The summed E-state index contributed by atoms with van der Waals surface area (Å²) in [5, 5.41) is 14.5. The van der Waals surface area contributed by atoms with Crippen LogP contribution in [0.3, 0.4) is 0 Å². The Morgan fingerprint density at radius 1 is 1.71 bits per heavy atom. The predicted molar refractivity (Wildman–Crippen MR) is 66.1 cm³/mol. The Labute approximate surface area is 105 Å². The molecule has 1 heterocycles. The van der Waals surface area contributed by atoms with Crippen molar-refractivity contribution in [2.75, 3.05) is 13.7 Å². The number of thiazole rings is 1. The van der Waals surface area contributed by atoms with Crippen LogP contribution in [0, 0.1) is 0 Å². The van der Waals surface area contributed by atoms with E-state index in [4.69, 9.17) is 4.74 Å². The fourth-order valence-electron chi connectivity index (χ4n) is 1.25. The molecule has 0 aliphatic heterocycles. The van der Waals surface area contributed by atoms with Crippen LogP contribution >= 0.6 is 11.3 Å². The van der Waals surface area contributed by atoms with Crippen molar-refractivity contribution in [1.82, 2.24) is 10.3 Å². The first-order valence-corrected chi connectivity index (χ1v) is 6.45. The van der Waals surface area contributed by atoms with Crippen LogP contribution in [-0.2, 0) is 11.3 Å². The minimum atomic E-state index is -0.352. The maximum absolute atomic E-state index is 11.6. The Hall–Kier alpha value is -0.980. The molecule has 0 spiro atoms. The Morgan fingerprint density at radius 3 is 3.12 bits per heavy atom. The summed E-state index contributed by atoms with van der Waals surface area (Å²) in [7, 11) is 1.59. The summed E-state index contributed by atoms with van der Waals surface area (Å²) in [6.07, 6.45) is 0.914. The quantitative estimate of drug-likeness (QED) is 0.770. The molecule has 1 unspecified atom stereocenters. The van der Waals surface area contributed by atoms with Crippen molar-refractivity contribution in [3.05, 3.63) is 16.1 Å². The zero-order valence-electron chi connectivity index (χ0n) is 10.1. The van der Waals surface area contributed by atoms with E-state index in [-0.39, 0.29) is 12.0 Å². The van der Waals surface area contributed by atoms with Gasteiger partial charge < -0.3 is 15.2 Å². The Balaban J connectivity index is 2.36. The van der Waals surface area contributed by atoms with E-state index in [0.29, 0.717) is 31.7 Å². The molecule has 0 aromatic carbocycles. The molecule has 1 atom stereocenters. The van der Waals surface area contributed by atoms with Crippen molar-refractivity contribution < 1.29 is 14.6 Å². The van der Waals surface area contributed by atoms with Crippen LogP contribution < -0.4 is 5.32 Å². The molecule has 0 saturated heterocycles. The van der Waals surface area contributed by atoms with Crippen molar-refractivity contribution in [3.63, 3.8) is 0 Å². The van der Waals surface area contributed by atoms with E-state index >= 15 is 0 Å². The van der Waals surface area contributed by atoms with Gasteiger partial charge in [0.05, 0.1) is 12.7 Å². The van der Waals surface area contributed by atoms with E-state index in [2.05, 4.69) is 10.3 Å². The smallest absolute Gasteiger partial charge is 0.270 e. The van der Waals surface area contributed by atoms with Crippen molar-refractivity contribution in [2.45, 2.75) is 32.5 Å². The topological polar surface area (TPSA) is 71.5 Å². The first-order chi connectivity index (χ1) is 8.17. The number of aliphatic hydroxyl groups is 1. The van der Waals surface area contributed by atoms with Crippen LogP contribution in [0.5, 0.6) is 0 Å². The van der Waals surface area contributed by atoms with Gasteiger partial charge in [0.1, 0.15) is 10.7 Å². The molecule has 96 valence electrons. The van der Waals surface area contributed by atoms with Crippen LogP contribution in [0.1, 0.15) is 35.3 Å². The number of nitrogens with zero attached hydrogens (tertiary/aromatic N) is 1. The third-order valence-electron chi connectivity index (χ3n) is 2.29. The lowest BCUT2D eigenvalue weighted by Crippen LogP contribution is -2.27. The summed E-state index contributed by atoms with van der Waals surface area (Å²) in [5.41, 5.74) is 0.410. The number of carbonyl (C=O) groups excluding carboxylic acids is 1. The van der Waals surface area contributed by atoms with Gasteiger partial charge in [0.25, 0.3) is 5.91 Å². The standard InChI is InChI=1S/C11H18N2O3S/c1-3-8(14)4-5-12-11(15)9-7-17-10(13-9)6-16-2/h7-8,14H,3-6H2,1-2H3,(H,12,15). The van der Waals surface area contributed by atoms with Crippen molar-refractivity contribution in [1.29, 1.82) is 0 Å². The summed E-state index contributed by atoms with van der Waals surface area (Å²) >= 11 is 1.40. The van der Waals surface area contributed by atoms with E-state index in [1.807, 2.05) is 6.92 Å². The molecule has 0 aliphatic rings. The lowest BCUT2D eigenvalue weighted by atomic mass is 10.2. The monoisotopic (exact) mass is 258 g/mol. The lowest BCUT2D eigenvalue weighted by Gasteiger charge is -2.07. The van der Waals surface area contributed by atoms with Crippen LogP contribution in [0.2, 0.25) is 0 Å². The van der Waals surface area contributed by atoms with E-state index in [9.17, 15) is 9.90 Å². The zero-order valence-corrected chi connectivity index (χ0v) is 10.9. The van der Waals surface area contributed by atoms with Crippen molar-refractivity contribution in [2.24, 2.45) is 0 Å². The van der Waals surface area contributed by atoms with Gasteiger partial charge in [-0.15, -0.1) is 11.3 Å². The number of nitrogens with one attached hydrogen (secondary N) is 1. The highest BCUT2D eigenvalue weighted by atomic mass is 32.1. The number of carbonyl (C=O) groups is 1. The molecule has 6 heteroatoms. The molecule has 17 heavy (non-hydrogen) atoms. The van der Waals surface area contributed by atoms with Gasteiger partial charge in [-0.3, -0.25) is 4.79 Å². The second-order valence-corrected chi connectivity index (χ2v) is 4.61.